The van der Waals surface area contributed by atoms with Crippen molar-refractivity contribution < 1.29 is 4.79 Å². The quantitative estimate of drug-likeness (QED) is 0.739. The second-order valence-corrected chi connectivity index (χ2v) is 3.89. The van der Waals surface area contributed by atoms with Crippen molar-refractivity contribution in [2.24, 2.45) is 0 Å². The molecule has 3 heteroatoms. The first-order valence-electron chi connectivity index (χ1n) is 4.64. The molecule has 1 aromatic heterocycles. The van der Waals surface area contributed by atoms with Gasteiger partial charge in [0.1, 0.15) is 0 Å². The first-order valence-corrected chi connectivity index (χ1v) is 4.64. The summed E-state index contributed by atoms with van der Waals surface area (Å²) in [4.78, 5) is 16.0. The number of hydrogen-bond donors (Lipinski definition) is 1. The molecule has 1 rings (SSSR count). The van der Waals surface area contributed by atoms with Gasteiger partial charge in [-0.3, -0.25) is 9.78 Å². The molecule has 0 saturated heterocycles. The maximum absolute atomic E-state index is 11.9. The molecule has 0 aliphatic heterocycles. The number of likely N-dealkylation sites (N-methyl/N-ethyl adjacent to an activating group) is 1. The Kier molecular flexibility index (Phi) is 3.01. The van der Waals surface area contributed by atoms with E-state index in [0.29, 0.717) is 5.56 Å². The minimum Gasteiger partial charge on any atom is -0.308 e. The van der Waals surface area contributed by atoms with E-state index >= 15 is 0 Å². The summed E-state index contributed by atoms with van der Waals surface area (Å²) < 4.78 is 0. The Bertz CT molecular complexity index is 328. The van der Waals surface area contributed by atoms with E-state index in [0.717, 1.165) is 5.69 Å². The van der Waals surface area contributed by atoms with Crippen LogP contribution >= 0.6 is 0 Å². The number of aryl methyl sites for hydroxylation is 1. The van der Waals surface area contributed by atoms with E-state index in [1.807, 2.05) is 32.9 Å². The van der Waals surface area contributed by atoms with E-state index in [2.05, 4.69) is 10.3 Å². The number of nitrogens with zero attached hydrogens (tertiary/aromatic N) is 1. The molecule has 0 atom stereocenters. The molecule has 0 fully saturated rings. The predicted molar refractivity (Wildman–Crippen MR) is 56.4 cm³/mol. The summed E-state index contributed by atoms with van der Waals surface area (Å²) in [5, 5.41) is 2.98. The van der Waals surface area contributed by atoms with Crippen LogP contribution in [0.1, 0.15) is 29.9 Å². The highest BCUT2D eigenvalue weighted by Crippen LogP contribution is 2.11. The van der Waals surface area contributed by atoms with Gasteiger partial charge < -0.3 is 5.32 Å². The molecule has 0 aromatic carbocycles. The highest BCUT2D eigenvalue weighted by molar-refractivity contribution is 6.02. The van der Waals surface area contributed by atoms with Crippen molar-refractivity contribution in [2.45, 2.75) is 26.3 Å². The van der Waals surface area contributed by atoms with Gasteiger partial charge in [-0.25, -0.2) is 0 Å². The van der Waals surface area contributed by atoms with Crippen LogP contribution in [0.15, 0.2) is 18.3 Å². The van der Waals surface area contributed by atoms with Gasteiger partial charge in [0.05, 0.1) is 5.54 Å². The fourth-order valence-corrected chi connectivity index (χ4v) is 1.08. The smallest absolute Gasteiger partial charge is 0.183 e. The van der Waals surface area contributed by atoms with E-state index in [-0.39, 0.29) is 5.78 Å². The number of nitrogens with one attached hydrogen (secondary N) is 1. The molecule has 0 bridgehead atoms. The lowest BCUT2D eigenvalue weighted by Gasteiger charge is -2.21. The highest BCUT2D eigenvalue weighted by Gasteiger charge is 2.26. The van der Waals surface area contributed by atoms with Crippen molar-refractivity contribution in [3.05, 3.63) is 29.6 Å². The number of hydrogen-bond acceptors (Lipinski definition) is 3. The molecule has 0 spiro atoms. The van der Waals surface area contributed by atoms with Gasteiger partial charge in [-0.05, 0) is 40.0 Å². The molecule has 0 aliphatic rings. The van der Waals surface area contributed by atoms with E-state index in [1.165, 1.54) is 0 Å². The van der Waals surface area contributed by atoms with Crippen LogP contribution in [-0.4, -0.2) is 23.4 Å². The summed E-state index contributed by atoms with van der Waals surface area (Å²) in [6, 6.07) is 3.66. The normalized spacial score (nSPS) is 11.4. The minimum absolute atomic E-state index is 0.0625. The zero-order valence-electron chi connectivity index (χ0n) is 9.09. The lowest BCUT2D eigenvalue weighted by Crippen LogP contribution is -2.44. The summed E-state index contributed by atoms with van der Waals surface area (Å²) in [7, 11) is 1.78. The Balaban J connectivity index is 2.96. The summed E-state index contributed by atoms with van der Waals surface area (Å²) in [5.41, 5.74) is 1.04. The van der Waals surface area contributed by atoms with Crippen LogP contribution in [0.4, 0.5) is 0 Å². The first kappa shape index (κ1) is 10.9. The standard InChI is InChI=1S/C11H16N2O/c1-8-5-6-9(7-13-8)10(14)11(2,3)12-4/h5-7,12H,1-4H3. The molecular weight excluding hydrogens is 176 g/mol. The van der Waals surface area contributed by atoms with Crippen molar-refractivity contribution in [2.75, 3.05) is 7.05 Å². The van der Waals surface area contributed by atoms with Crippen molar-refractivity contribution in [1.82, 2.24) is 10.3 Å². The fraction of sp³-hybridized carbons (Fsp3) is 0.455. The lowest BCUT2D eigenvalue weighted by molar-refractivity contribution is 0.0889. The van der Waals surface area contributed by atoms with Gasteiger partial charge >= 0.3 is 0 Å². The zero-order valence-corrected chi connectivity index (χ0v) is 9.09. The molecule has 0 unspecified atom stereocenters. The van der Waals surface area contributed by atoms with Crippen LogP contribution < -0.4 is 5.32 Å². The van der Waals surface area contributed by atoms with E-state index in [4.69, 9.17) is 0 Å². The SMILES string of the molecule is CNC(C)(C)C(=O)c1ccc(C)nc1. The number of carbonyl (C=O) groups is 1. The lowest BCUT2D eigenvalue weighted by atomic mass is 9.94. The number of pyridine rings is 1. The van der Waals surface area contributed by atoms with Crippen LogP contribution in [0.2, 0.25) is 0 Å². The third-order valence-corrected chi connectivity index (χ3v) is 2.37. The van der Waals surface area contributed by atoms with Crippen LogP contribution in [-0.2, 0) is 0 Å². The zero-order chi connectivity index (χ0) is 10.8. The average Bonchev–Trinajstić information content (AvgIpc) is 2.18. The van der Waals surface area contributed by atoms with E-state index in [9.17, 15) is 4.79 Å². The van der Waals surface area contributed by atoms with Gasteiger partial charge in [-0.1, -0.05) is 0 Å². The van der Waals surface area contributed by atoms with Crippen molar-refractivity contribution in [3.63, 3.8) is 0 Å². The number of aromatic nitrogens is 1. The summed E-state index contributed by atoms with van der Waals surface area (Å²) in [6.45, 7) is 5.61. The number of Topliss-reactive ketones (excluding diaryl/α,β-unsaturated/α-hetero) is 1. The summed E-state index contributed by atoms with van der Waals surface area (Å²) >= 11 is 0. The molecule has 14 heavy (non-hydrogen) atoms. The van der Waals surface area contributed by atoms with Gasteiger partial charge in [-0.15, -0.1) is 0 Å². The monoisotopic (exact) mass is 192 g/mol. The highest BCUT2D eigenvalue weighted by atomic mass is 16.1. The van der Waals surface area contributed by atoms with Gasteiger partial charge in [0.2, 0.25) is 0 Å². The Morgan fingerprint density at radius 3 is 2.50 bits per heavy atom. The Morgan fingerprint density at radius 2 is 2.07 bits per heavy atom. The topological polar surface area (TPSA) is 42.0 Å². The maximum atomic E-state index is 11.9. The minimum atomic E-state index is -0.531. The second-order valence-electron chi connectivity index (χ2n) is 3.89. The molecular formula is C11H16N2O. The van der Waals surface area contributed by atoms with Crippen molar-refractivity contribution in [3.8, 4) is 0 Å². The van der Waals surface area contributed by atoms with E-state index < -0.39 is 5.54 Å². The van der Waals surface area contributed by atoms with Gasteiger partial charge in [0.25, 0.3) is 0 Å². The maximum Gasteiger partial charge on any atom is 0.183 e. The largest absolute Gasteiger partial charge is 0.308 e. The third kappa shape index (κ3) is 2.17. The molecule has 0 saturated carbocycles. The Hall–Kier alpha value is -1.22. The van der Waals surface area contributed by atoms with Gasteiger partial charge in [-0.2, -0.15) is 0 Å². The summed E-state index contributed by atoms with van der Waals surface area (Å²) in [5.74, 6) is 0.0625. The van der Waals surface area contributed by atoms with E-state index in [1.54, 1.807) is 13.2 Å². The fourth-order valence-electron chi connectivity index (χ4n) is 1.08. The molecule has 1 heterocycles. The number of ketones is 1. The summed E-state index contributed by atoms with van der Waals surface area (Å²) in [6.07, 6.45) is 1.62. The Morgan fingerprint density at radius 1 is 1.43 bits per heavy atom. The van der Waals surface area contributed by atoms with Crippen LogP contribution in [0.5, 0.6) is 0 Å². The molecule has 1 aromatic rings. The molecule has 76 valence electrons. The third-order valence-electron chi connectivity index (χ3n) is 2.37. The average molecular weight is 192 g/mol. The second kappa shape index (κ2) is 3.88. The van der Waals surface area contributed by atoms with Crippen LogP contribution in [0.3, 0.4) is 0 Å². The molecule has 3 nitrogen and oxygen atoms in total. The predicted octanol–water partition coefficient (Wildman–Crippen LogP) is 1.57. The van der Waals surface area contributed by atoms with Crippen molar-refractivity contribution in [1.29, 1.82) is 0 Å². The van der Waals surface area contributed by atoms with Gasteiger partial charge in [0, 0.05) is 17.5 Å². The van der Waals surface area contributed by atoms with Gasteiger partial charge in [0.15, 0.2) is 5.78 Å². The Labute approximate surface area is 84.6 Å². The molecule has 0 radical (unpaired) electrons. The van der Waals surface area contributed by atoms with Crippen LogP contribution in [0.25, 0.3) is 0 Å². The molecule has 1 N–H and O–H groups in total. The first-order chi connectivity index (χ1) is 6.47. The van der Waals surface area contributed by atoms with Crippen molar-refractivity contribution >= 4 is 5.78 Å². The number of rotatable bonds is 3. The van der Waals surface area contributed by atoms with Crippen LogP contribution in [0, 0.1) is 6.92 Å². The number of carbonyl (C=O) groups excluding carboxylic acids is 1. The molecule has 0 amide bonds. The molecule has 0 aliphatic carbocycles.